The summed E-state index contributed by atoms with van der Waals surface area (Å²) in [5, 5.41) is 0. The van der Waals surface area contributed by atoms with Crippen LogP contribution in [-0.4, -0.2) is 71.1 Å². The fraction of sp³-hybridized carbons (Fsp3) is 0.576. The summed E-state index contributed by atoms with van der Waals surface area (Å²) < 4.78 is 6.62. The van der Waals surface area contributed by atoms with E-state index in [1.807, 2.05) is 20.8 Å². The van der Waals surface area contributed by atoms with Crippen molar-refractivity contribution in [3.8, 4) is 0 Å². The van der Waals surface area contributed by atoms with Gasteiger partial charge in [-0.1, -0.05) is 79.2 Å². The molecule has 2 heterocycles. The quantitative estimate of drug-likeness (QED) is 0.361. The molecule has 2 aliphatic rings. The van der Waals surface area contributed by atoms with Crippen molar-refractivity contribution in [3.05, 3.63) is 70.2 Å². The third kappa shape index (κ3) is 7.88. The van der Waals surface area contributed by atoms with Crippen molar-refractivity contribution in [2.75, 3.05) is 32.7 Å². The Hall–Kier alpha value is -2.38. The van der Waals surface area contributed by atoms with Gasteiger partial charge in [-0.15, -0.1) is 0 Å². The predicted molar refractivity (Wildman–Crippen MR) is 164 cm³/mol. The Morgan fingerprint density at radius 1 is 0.875 bits per heavy atom. The molecule has 6 nitrogen and oxygen atoms in total. The van der Waals surface area contributed by atoms with Gasteiger partial charge in [0.05, 0.1) is 6.04 Å². The lowest BCUT2D eigenvalue weighted by Crippen LogP contribution is -2.60. The van der Waals surface area contributed by atoms with Crippen molar-refractivity contribution in [2.24, 2.45) is 11.3 Å². The summed E-state index contributed by atoms with van der Waals surface area (Å²) in [6.45, 7) is 16.1. The van der Waals surface area contributed by atoms with Crippen LogP contribution < -0.4 is 0 Å². The van der Waals surface area contributed by atoms with Gasteiger partial charge in [0.15, 0.2) is 0 Å². The van der Waals surface area contributed by atoms with Crippen molar-refractivity contribution in [1.29, 1.82) is 0 Å². The van der Waals surface area contributed by atoms with Crippen molar-refractivity contribution in [2.45, 2.75) is 78.5 Å². The summed E-state index contributed by atoms with van der Waals surface area (Å²) in [6, 6.07) is 19.6. The van der Waals surface area contributed by atoms with Crippen LogP contribution in [-0.2, 0) is 9.53 Å². The number of benzene rings is 2. The molecule has 40 heavy (non-hydrogen) atoms. The van der Waals surface area contributed by atoms with Crippen LogP contribution in [0.5, 0.6) is 0 Å². The van der Waals surface area contributed by atoms with E-state index in [4.69, 9.17) is 4.74 Å². The minimum Gasteiger partial charge on any atom is -0.444 e. The Kier molecular flexibility index (Phi) is 9.66. The minimum absolute atomic E-state index is 0.0602. The number of amides is 2. The van der Waals surface area contributed by atoms with Crippen LogP contribution in [0, 0.1) is 11.3 Å². The SMILES string of the molecule is CC(C)(C)OC(=O)N1CCC(CC(=O)N2CCN([C@H](c3ccccc3)c3ccc(Br)cc3)C[C@@H]2C(C)(C)C)CC1. The van der Waals surface area contributed by atoms with E-state index >= 15 is 0 Å². The summed E-state index contributed by atoms with van der Waals surface area (Å²) >= 11 is 3.59. The van der Waals surface area contributed by atoms with E-state index in [1.165, 1.54) is 11.1 Å². The number of hydrogen-bond acceptors (Lipinski definition) is 4. The molecule has 4 rings (SSSR count). The molecule has 0 unspecified atom stereocenters. The van der Waals surface area contributed by atoms with E-state index in [1.54, 1.807) is 4.90 Å². The van der Waals surface area contributed by atoms with Crippen molar-refractivity contribution in [1.82, 2.24) is 14.7 Å². The molecule has 0 radical (unpaired) electrons. The molecule has 0 saturated carbocycles. The molecule has 2 aromatic rings. The van der Waals surface area contributed by atoms with Gasteiger partial charge in [0.25, 0.3) is 0 Å². The number of carbonyl (C=O) groups is 2. The highest BCUT2D eigenvalue weighted by Crippen LogP contribution is 2.36. The fourth-order valence-electron chi connectivity index (χ4n) is 5.98. The van der Waals surface area contributed by atoms with Gasteiger partial charge < -0.3 is 14.5 Å². The van der Waals surface area contributed by atoms with E-state index < -0.39 is 5.60 Å². The zero-order valence-corrected chi connectivity index (χ0v) is 26.6. The first-order valence-corrected chi connectivity index (χ1v) is 15.4. The molecule has 218 valence electrons. The normalized spacial score (nSPS) is 20.3. The van der Waals surface area contributed by atoms with Gasteiger partial charge in [0.1, 0.15) is 5.60 Å². The summed E-state index contributed by atoms with van der Waals surface area (Å²) in [5.41, 5.74) is 1.98. The first-order valence-electron chi connectivity index (χ1n) is 14.6. The van der Waals surface area contributed by atoms with Crippen molar-refractivity contribution < 1.29 is 14.3 Å². The lowest BCUT2D eigenvalue weighted by atomic mass is 9.82. The average molecular weight is 613 g/mol. The zero-order valence-electron chi connectivity index (χ0n) is 25.0. The van der Waals surface area contributed by atoms with Crippen LogP contribution in [0.4, 0.5) is 4.79 Å². The zero-order chi connectivity index (χ0) is 29.1. The van der Waals surface area contributed by atoms with Gasteiger partial charge in [-0.25, -0.2) is 4.79 Å². The molecule has 2 saturated heterocycles. The largest absolute Gasteiger partial charge is 0.444 e. The molecule has 2 aromatic carbocycles. The van der Waals surface area contributed by atoms with Gasteiger partial charge in [-0.3, -0.25) is 9.69 Å². The Balaban J connectivity index is 1.44. The second-order valence-electron chi connectivity index (χ2n) is 13.4. The topological polar surface area (TPSA) is 53.1 Å². The van der Waals surface area contributed by atoms with E-state index in [0.29, 0.717) is 25.4 Å². The summed E-state index contributed by atoms with van der Waals surface area (Å²) in [4.78, 5) is 32.7. The number of likely N-dealkylation sites (tertiary alicyclic amines) is 1. The van der Waals surface area contributed by atoms with Gasteiger partial charge in [-0.05, 0) is 68.2 Å². The van der Waals surface area contributed by atoms with Crippen LogP contribution in [0.1, 0.15) is 78.0 Å². The first-order chi connectivity index (χ1) is 18.8. The highest BCUT2D eigenvalue weighted by molar-refractivity contribution is 9.10. The fourth-order valence-corrected chi connectivity index (χ4v) is 6.25. The Morgan fingerprint density at radius 3 is 2.05 bits per heavy atom. The molecule has 2 fully saturated rings. The number of halogens is 1. The Labute approximate surface area is 249 Å². The number of carbonyl (C=O) groups excluding carboxylic acids is 2. The van der Waals surface area contributed by atoms with E-state index in [-0.39, 0.29) is 29.5 Å². The summed E-state index contributed by atoms with van der Waals surface area (Å²) in [5.74, 6) is 0.542. The first kappa shape index (κ1) is 30.6. The Morgan fingerprint density at radius 2 is 1.48 bits per heavy atom. The van der Waals surface area contributed by atoms with Gasteiger partial charge in [0.2, 0.25) is 5.91 Å². The smallest absolute Gasteiger partial charge is 0.410 e. The molecule has 2 aliphatic heterocycles. The Bertz CT molecular complexity index is 1130. The second kappa shape index (κ2) is 12.6. The number of hydrogen-bond donors (Lipinski definition) is 0. The molecular weight excluding hydrogens is 566 g/mol. The molecular formula is C33H46BrN3O3. The van der Waals surface area contributed by atoms with Crippen molar-refractivity contribution in [3.63, 3.8) is 0 Å². The minimum atomic E-state index is -0.495. The number of ether oxygens (including phenoxy) is 1. The maximum absolute atomic E-state index is 13.8. The monoisotopic (exact) mass is 611 g/mol. The summed E-state index contributed by atoms with van der Waals surface area (Å²) in [7, 11) is 0. The molecule has 0 bridgehead atoms. The third-order valence-electron chi connectivity index (χ3n) is 8.13. The maximum Gasteiger partial charge on any atom is 0.410 e. The van der Waals surface area contributed by atoms with E-state index in [0.717, 1.165) is 36.9 Å². The molecule has 0 aromatic heterocycles. The second-order valence-corrected chi connectivity index (χ2v) is 14.4. The molecule has 2 atom stereocenters. The van der Waals surface area contributed by atoms with Crippen molar-refractivity contribution >= 4 is 27.9 Å². The maximum atomic E-state index is 13.8. The summed E-state index contributed by atoms with van der Waals surface area (Å²) in [6.07, 6.45) is 1.97. The highest BCUT2D eigenvalue weighted by Gasteiger charge is 2.41. The van der Waals surface area contributed by atoms with Crippen LogP contribution in [0.3, 0.4) is 0 Å². The van der Waals surface area contributed by atoms with E-state index in [9.17, 15) is 9.59 Å². The number of nitrogens with zero attached hydrogens (tertiary/aromatic N) is 3. The van der Waals surface area contributed by atoms with Crippen LogP contribution in [0.2, 0.25) is 0 Å². The molecule has 0 N–H and O–H groups in total. The molecule has 7 heteroatoms. The lowest BCUT2D eigenvalue weighted by Gasteiger charge is -2.50. The lowest BCUT2D eigenvalue weighted by molar-refractivity contribution is -0.141. The van der Waals surface area contributed by atoms with Crippen LogP contribution in [0.25, 0.3) is 0 Å². The molecule has 2 amide bonds. The van der Waals surface area contributed by atoms with Gasteiger partial charge in [0, 0.05) is 49.7 Å². The third-order valence-corrected chi connectivity index (χ3v) is 8.66. The van der Waals surface area contributed by atoms with Gasteiger partial charge >= 0.3 is 6.09 Å². The highest BCUT2D eigenvalue weighted by atomic mass is 79.9. The van der Waals surface area contributed by atoms with Gasteiger partial charge in [-0.2, -0.15) is 0 Å². The van der Waals surface area contributed by atoms with Crippen LogP contribution in [0.15, 0.2) is 59.1 Å². The van der Waals surface area contributed by atoms with E-state index in [2.05, 4.69) is 101 Å². The average Bonchev–Trinajstić information content (AvgIpc) is 2.89. The predicted octanol–water partition coefficient (Wildman–Crippen LogP) is 7.13. The molecule has 0 spiro atoms. The number of piperidine rings is 1. The number of rotatable bonds is 5. The number of piperazine rings is 1. The standard InChI is InChI=1S/C33H46BrN3O3/c1-32(2,3)28-23-36(30(25-10-8-7-9-11-25)26-12-14-27(34)15-13-26)20-21-37(28)29(38)22-24-16-18-35(19-17-24)31(39)40-33(4,5)6/h7-15,24,28,30H,16-23H2,1-6H3/t28-,30-/m1/s1. The molecule has 0 aliphatic carbocycles. The van der Waals surface area contributed by atoms with Crippen LogP contribution >= 0.6 is 15.9 Å².